The third kappa shape index (κ3) is 6.81. The second-order valence-electron chi connectivity index (χ2n) is 2.13. The van der Waals surface area contributed by atoms with Crippen LogP contribution in [-0.4, -0.2) is 23.8 Å². The van der Waals surface area contributed by atoms with Gasteiger partial charge in [-0.25, -0.2) is 0 Å². The molecule has 0 aromatic heterocycles. The molecule has 4 nitrogen and oxygen atoms in total. The normalized spacial score (nSPS) is 11.7. The largest absolute Gasteiger partial charge is 0.466 e. The number of hydrogen-bond donors (Lipinski definition) is 1. The molecule has 0 amide bonds. The molecule has 0 aromatic carbocycles. The lowest BCUT2D eigenvalue weighted by Crippen LogP contribution is -2.06. The highest BCUT2D eigenvalue weighted by Gasteiger charge is 2.00. The van der Waals surface area contributed by atoms with Crippen molar-refractivity contribution in [1.29, 1.82) is 5.26 Å². The molecule has 62 valence electrons. The van der Waals surface area contributed by atoms with Gasteiger partial charge in [-0.1, -0.05) is 0 Å². The number of rotatable bonds is 4. The van der Waals surface area contributed by atoms with Gasteiger partial charge < -0.3 is 9.84 Å². The third-order valence-electron chi connectivity index (χ3n) is 1.08. The van der Waals surface area contributed by atoms with Crippen molar-refractivity contribution >= 4 is 5.97 Å². The summed E-state index contributed by atoms with van der Waals surface area (Å²) in [6, 6.07) is 1.67. The molecule has 0 heterocycles. The van der Waals surface area contributed by atoms with Crippen molar-refractivity contribution in [3.63, 3.8) is 0 Å². The predicted octanol–water partition coefficient (Wildman–Crippen LogP) is 0.214. The minimum absolute atomic E-state index is 0.272. The van der Waals surface area contributed by atoms with Crippen molar-refractivity contribution in [2.75, 3.05) is 6.61 Å². The molecular formula is C7H11NO3. The summed E-state index contributed by atoms with van der Waals surface area (Å²) in [6.07, 6.45) is -0.0662. The molecule has 0 bridgehead atoms. The lowest BCUT2D eigenvalue weighted by molar-refractivity contribution is -0.141. The SMILES string of the molecule is CC(=O)OCCC[C@H](O)C#N. The highest BCUT2D eigenvalue weighted by atomic mass is 16.5. The molecule has 0 aliphatic rings. The summed E-state index contributed by atoms with van der Waals surface area (Å²) in [5, 5.41) is 16.9. The van der Waals surface area contributed by atoms with E-state index in [9.17, 15) is 4.79 Å². The van der Waals surface area contributed by atoms with Crippen molar-refractivity contribution in [2.45, 2.75) is 25.9 Å². The number of nitrogens with zero attached hydrogens (tertiary/aromatic N) is 1. The summed E-state index contributed by atoms with van der Waals surface area (Å²) in [7, 11) is 0. The minimum Gasteiger partial charge on any atom is -0.466 e. The number of aliphatic hydroxyl groups excluding tert-OH is 1. The number of esters is 1. The van der Waals surface area contributed by atoms with E-state index in [1.807, 2.05) is 0 Å². The predicted molar refractivity (Wildman–Crippen MR) is 37.5 cm³/mol. The van der Waals surface area contributed by atoms with Gasteiger partial charge in [-0.2, -0.15) is 5.26 Å². The van der Waals surface area contributed by atoms with Crippen molar-refractivity contribution < 1.29 is 14.6 Å². The van der Waals surface area contributed by atoms with Gasteiger partial charge in [-0.05, 0) is 12.8 Å². The van der Waals surface area contributed by atoms with Crippen LogP contribution in [-0.2, 0) is 9.53 Å². The zero-order valence-electron chi connectivity index (χ0n) is 6.41. The van der Waals surface area contributed by atoms with E-state index in [0.29, 0.717) is 12.8 Å². The van der Waals surface area contributed by atoms with Gasteiger partial charge in [0.1, 0.15) is 6.10 Å². The molecular weight excluding hydrogens is 146 g/mol. The van der Waals surface area contributed by atoms with Crippen molar-refractivity contribution in [2.24, 2.45) is 0 Å². The molecule has 0 saturated heterocycles. The Hall–Kier alpha value is -1.08. The maximum atomic E-state index is 10.2. The molecule has 0 aliphatic heterocycles. The molecule has 0 aromatic rings. The van der Waals surface area contributed by atoms with Crippen LogP contribution in [0.2, 0.25) is 0 Å². The van der Waals surface area contributed by atoms with Crippen LogP contribution < -0.4 is 0 Å². The molecule has 0 aliphatic carbocycles. The summed E-state index contributed by atoms with van der Waals surface area (Å²) in [5.74, 6) is -0.337. The fourth-order valence-electron chi connectivity index (χ4n) is 0.557. The molecule has 11 heavy (non-hydrogen) atoms. The molecule has 0 unspecified atom stereocenters. The first-order valence-corrected chi connectivity index (χ1v) is 3.38. The Morgan fingerprint density at radius 2 is 2.45 bits per heavy atom. The lowest BCUT2D eigenvalue weighted by atomic mass is 10.2. The number of aliphatic hydroxyl groups is 1. The van der Waals surface area contributed by atoms with Crippen LogP contribution in [0.15, 0.2) is 0 Å². The smallest absolute Gasteiger partial charge is 0.302 e. The molecule has 1 atom stereocenters. The van der Waals surface area contributed by atoms with Crippen LogP contribution >= 0.6 is 0 Å². The van der Waals surface area contributed by atoms with E-state index in [4.69, 9.17) is 10.4 Å². The van der Waals surface area contributed by atoms with Crippen LogP contribution in [0.1, 0.15) is 19.8 Å². The molecule has 0 rings (SSSR count). The number of nitriles is 1. The van der Waals surface area contributed by atoms with E-state index in [1.165, 1.54) is 6.92 Å². The van der Waals surface area contributed by atoms with Gasteiger partial charge in [0.15, 0.2) is 0 Å². The van der Waals surface area contributed by atoms with Gasteiger partial charge >= 0.3 is 5.97 Å². The van der Waals surface area contributed by atoms with E-state index in [1.54, 1.807) is 6.07 Å². The topological polar surface area (TPSA) is 70.3 Å². The second kappa shape index (κ2) is 5.69. The van der Waals surface area contributed by atoms with Crippen LogP contribution in [0.3, 0.4) is 0 Å². The Bertz CT molecular complexity index is 162. The number of ether oxygens (including phenoxy) is 1. The Kier molecular flexibility index (Phi) is 5.13. The summed E-state index contributed by atoms with van der Waals surface area (Å²) in [6.45, 7) is 1.59. The summed E-state index contributed by atoms with van der Waals surface area (Å²) in [5.41, 5.74) is 0. The van der Waals surface area contributed by atoms with Gasteiger partial charge in [-0.15, -0.1) is 0 Å². The standard InChI is InChI=1S/C7H11NO3/c1-6(9)11-4-2-3-7(10)5-8/h7,10H,2-4H2,1H3/t7-/m0/s1. The Morgan fingerprint density at radius 3 is 2.91 bits per heavy atom. The number of carbonyl (C=O) groups is 1. The first-order chi connectivity index (χ1) is 5.16. The molecule has 0 saturated carbocycles. The van der Waals surface area contributed by atoms with Crippen molar-refractivity contribution in [3.05, 3.63) is 0 Å². The molecule has 0 spiro atoms. The van der Waals surface area contributed by atoms with Crippen LogP contribution in [0, 0.1) is 11.3 Å². The zero-order chi connectivity index (χ0) is 8.69. The monoisotopic (exact) mass is 157 g/mol. The Morgan fingerprint density at radius 1 is 1.82 bits per heavy atom. The minimum atomic E-state index is -0.939. The van der Waals surface area contributed by atoms with Crippen molar-refractivity contribution in [1.82, 2.24) is 0 Å². The summed E-state index contributed by atoms with van der Waals surface area (Å²) >= 11 is 0. The van der Waals surface area contributed by atoms with E-state index in [-0.39, 0.29) is 12.6 Å². The second-order valence-corrected chi connectivity index (χ2v) is 2.13. The highest BCUT2D eigenvalue weighted by molar-refractivity contribution is 5.65. The number of carbonyl (C=O) groups excluding carboxylic acids is 1. The highest BCUT2D eigenvalue weighted by Crippen LogP contribution is 1.95. The quantitative estimate of drug-likeness (QED) is 0.360. The first-order valence-electron chi connectivity index (χ1n) is 3.38. The van der Waals surface area contributed by atoms with E-state index in [0.717, 1.165) is 0 Å². The van der Waals surface area contributed by atoms with Gasteiger partial charge in [-0.3, -0.25) is 4.79 Å². The maximum Gasteiger partial charge on any atom is 0.302 e. The van der Waals surface area contributed by atoms with E-state index >= 15 is 0 Å². The fraction of sp³-hybridized carbons (Fsp3) is 0.714. The van der Waals surface area contributed by atoms with Gasteiger partial charge in [0.25, 0.3) is 0 Å². The van der Waals surface area contributed by atoms with Gasteiger partial charge in [0.05, 0.1) is 12.7 Å². The average molecular weight is 157 g/mol. The molecule has 0 radical (unpaired) electrons. The number of hydrogen-bond acceptors (Lipinski definition) is 4. The Labute approximate surface area is 65.4 Å². The Balaban J connectivity index is 3.16. The molecule has 1 N–H and O–H groups in total. The zero-order valence-corrected chi connectivity index (χ0v) is 6.41. The van der Waals surface area contributed by atoms with Crippen LogP contribution in [0.25, 0.3) is 0 Å². The van der Waals surface area contributed by atoms with Crippen LogP contribution in [0.5, 0.6) is 0 Å². The summed E-state index contributed by atoms with van der Waals surface area (Å²) < 4.78 is 4.58. The fourth-order valence-corrected chi connectivity index (χ4v) is 0.557. The summed E-state index contributed by atoms with van der Waals surface area (Å²) in [4.78, 5) is 10.2. The molecule has 0 fully saturated rings. The first kappa shape index (κ1) is 9.92. The van der Waals surface area contributed by atoms with Gasteiger partial charge in [0.2, 0.25) is 0 Å². The van der Waals surface area contributed by atoms with Crippen LogP contribution in [0.4, 0.5) is 0 Å². The maximum absolute atomic E-state index is 10.2. The molecule has 4 heteroatoms. The average Bonchev–Trinajstić information content (AvgIpc) is 1.97. The van der Waals surface area contributed by atoms with Crippen molar-refractivity contribution in [3.8, 4) is 6.07 Å². The van der Waals surface area contributed by atoms with Gasteiger partial charge in [0, 0.05) is 6.92 Å². The van der Waals surface area contributed by atoms with E-state index < -0.39 is 6.10 Å². The van der Waals surface area contributed by atoms with E-state index in [2.05, 4.69) is 4.74 Å². The third-order valence-corrected chi connectivity index (χ3v) is 1.08. The lowest BCUT2D eigenvalue weighted by Gasteiger charge is -2.01.